The van der Waals surface area contributed by atoms with E-state index in [2.05, 4.69) is 27.1 Å². The van der Waals surface area contributed by atoms with E-state index in [1.165, 1.54) is 37.7 Å². The van der Waals surface area contributed by atoms with E-state index in [0.717, 1.165) is 51.8 Å². The predicted molar refractivity (Wildman–Crippen MR) is 149 cm³/mol. The predicted octanol–water partition coefficient (Wildman–Crippen LogP) is 5.97. The third-order valence-electron chi connectivity index (χ3n) is 6.77. The number of imidazole rings is 1. The molecule has 0 amide bonds. The number of thioether (sulfide) groups is 1. The Bertz CT molecular complexity index is 1470. The first-order valence-corrected chi connectivity index (χ1v) is 13.6. The SMILES string of the molecule is C=C(Sc1c(CC)ncn(-c2ccc3c(c2)nc(C)n3CCN2CCCC2)c1=O)c1ccc(Cl)cc1. The molecule has 6 nitrogen and oxygen atoms in total. The summed E-state index contributed by atoms with van der Waals surface area (Å²) >= 11 is 7.39. The maximum absolute atomic E-state index is 13.6. The average Bonchev–Trinajstić information content (AvgIpc) is 3.50. The lowest BCUT2D eigenvalue weighted by molar-refractivity contribution is 0.323. The number of aryl methyl sites for hydroxylation is 2. The highest BCUT2D eigenvalue weighted by atomic mass is 35.5. The fourth-order valence-corrected chi connectivity index (χ4v) is 5.87. The van der Waals surface area contributed by atoms with Crippen LogP contribution in [0.3, 0.4) is 0 Å². The lowest BCUT2D eigenvalue weighted by Crippen LogP contribution is -2.24. The zero-order valence-electron chi connectivity index (χ0n) is 20.7. The summed E-state index contributed by atoms with van der Waals surface area (Å²) in [5.74, 6) is 0.989. The van der Waals surface area contributed by atoms with Crippen LogP contribution in [-0.2, 0) is 13.0 Å². The Kier molecular flexibility index (Phi) is 7.32. The van der Waals surface area contributed by atoms with Crippen LogP contribution in [0.5, 0.6) is 0 Å². The van der Waals surface area contributed by atoms with E-state index in [1.54, 1.807) is 10.9 Å². The highest BCUT2D eigenvalue weighted by molar-refractivity contribution is 8.08. The van der Waals surface area contributed by atoms with Gasteiger partial charge in [0.1, 0.15) is 12.2 Å². The summed E-state index contributed by atoms with van der Waals surface area (Å²) in [5, 5.41) is 0.665. The van der Waals surface area contributed by atoms with Crippen LogP contribution in [0.2, 0.25) is 5.02 Å². The molecule has 8 heteroatoms. The van der Waals surface area contributed by atoms with Crippen molar-refractivity contribution in [3.05, 3.63) is 87.8 Å². The first-order chi connectivity index (χ1) is 17.4. The maximum atomic E-state index is 13.6. The summed E-state index contributed by atoms with van der Waals surface area (Å²) in [6.07, 6.45) is 4.86. The van der Waals surface area contributed by atoms with E-state index in [1.807, 2.05) is 50.2 Å². The van der Waals surface area contributed by atoms with Gasteiger partial charge in [-0.25, -0.2) is 9.97 Å². The van der Waals surface area contributed by atoms with Crippen molar-refractivity contribution in [1.82, 2.24) is 24.0 Å². The van der Waals surface area contributed by atoms with Crippen LogP contribution < -0.4 is 5.56 Å². The van der Waals surface area contributed by atoms with Crippen LogP contribution in [0.25, 0.3) is 21.6 Å². The summed E-state index contributed by atoms with van der Waals surface area (Å²) in [6.45, 7) is 12.6. The molecular weight excluding hydrogens is 490 g/mol. The van der Waals surface area contributed by atoms with Gasteiger partial charge in [0.05, 0.1) is 27.3 Å². The zero-order valence-corrected chi connectivity index (χ0v) is 22.3. The largest absolute Gasteiger partial charge is 0.327 e. The molecule has 3 heterocycles. The Morgan fingerprint density at radius 3 is 2.58 bits per heavy atom. The summed E-state index contributed by atoms with van der Waals surface area (Å²) in [7, 11) is 0. The van der Waals surface area contributed by atoms with Crippen LogP contribution in [0.1, 0.15) is 36.8 Å². The van der Waals surface area contributed by atoms with Gasteiger partial charge in [-0.2, -0.15) is 0 Å². The van der Waals surface area contributed by atoms with Crippen molar-refractivity contribution < 1.29 is 0 Å². The van der Waals surface area contributed by atoms with E-state index in [0.29, 0.717) is 16.3 Å². The van der Waals surface area contributed by atoms with Crippen LogP contribution in [-0.4, -0.2) is 43.6 Å². The number of hydrogen-bond donors (Lipinski definition) is 0. The molecule has 0 N–H and O–H groups in total. The molecule has 2 aromatic heterocycles. The highest BCUT2D eigenvalue weighted by Crippen LogP contribution is 2.33. The van der Waals surface area contributed by atoms with E-state index in [9.17, 15) is 4.79 Å². The Morgan fingerprint density at radius 1 is 1.11 bits per heavy atom. The number of likely N-dealkylation sites (tertiary alicyclic amines) is 1. The summed E-state index contributed by atoms with van der Waals surface area (Å²) in [6, 6.07) is 13.5. The van der Waals surface area contributed by atoms with Gasteiger partial charge < -0.3 is 9.47 Å². The lowest BCUT2D eigenvalue weighted by atomic mass is 10.2. The molecule has 0 spiro atoms. The van der Waals surface area contributed by atoms with Crippen LogP contribution in [0.4, 0.5) is 0 Å². The summed E-state index contributed by atoms with van der Waals surface area (Å²) in [4.78, 5) is 26.9. The third kappa shape index (κ3) is 5.01. The van der Waals surface area contributed by atoms with Crippen LogP contribution in [0.15, 0.2) is 65.1 Å². The third-order valence-corrected chi connectivity index (χ3v) is 8.12. The molecule has 0 aliphatic carbocycles. The van der Waals surface area contributed by atoms with Crippen molar-refractivity contribution in [2.45, 2.75) is 44.6 Å². The minimum atomic E-state index is -0.105. The second-order valence-corrected chi connectivity index (χ2v) is 10.7. The van der Waals surface area contributed by atoms with Gasteiger partial charge >= 0.3 is 0 Å². The van der Waals surface area contributed by atoms with Gasteiger partial charge in [-0.1, -0.05) is 49.0 Å². The van der Waals surface area contributed by atoms with Gasteiger partial charge in [-0.05, 0) is 75.2 Å². The molecule has 1 aliphatic heterocycles. The molecule has 0 atom stereocenters. The van der Waals surface area contributed by atoms with E-state index in [4.69, 9.17) is 16.6 Å². The molecule has 0 saturated carbocycles. The molecule has 36 heavy (non-hydrogen) atoms. The molecular formula is C28H30ClN5OS. The Morgan fingerprint density at radius 2 is 1.86 bits per heavy atom. The molecule has 1 aliphatic rings. The van der Waals surface area contributed by atoms with Crippen molar-refractivity contribution in [3.8, 4) is 5.69 Å². The van der Waals surface area contributed by atoms with E-state index in [-0.39, 0.29) is 5.56 Å². The molecule has 0 unspecified atom stereocenters. The minimum absolute atomic E-state index is 0.105. The number of nitrogens with zero attached hydrogens (tertiary/aromatic N) is 5. The number of benzene rings is 2. The zero-order chi connectivity index (χ0) is 25.2. The quantitative estimate of drug-likeness (QED) is 0.269. The molecule has 0 radical (unpaired) electrons. The second kappa shape index (κ2) is 10.6. The average molecular weight is 520 g/mol. The van der Waals surface area contributed by atoms with Gasteiger partial charge in [0.15, 0.2) is 0 Å². The van der Waals surface area contributed by atoms with Gasteiger partial charge in [0, 0.05) is 23.0 Å². The normalized spacial score (nSPS) is 14.1. The first kappa shape index (κ1) is 24.8. The lowest BCUT2D eigenvalue weighted by Gasteiger charge is -2.16. The van der Waals surface area contributed by atoms with Crippen molar-refractivity contribution in [2.75, 3.05) is 19.6 Å². The topological polar surface area (TPSA) is 56.0 Å². The maximum Gasteiger partial charge on any atom is 0.272 e. The van der Waals surface area contributed by atoms with E-state index >= 15 is 0 Å². The standard InChI is InChI=1S/C28H30ClN5OS/c1-4-24-27(36-19(2)21-7-9-22(29)10-8-21)28(35)34(18-30-24)23-11-12-26-25(17-23)31-20(3)33(26)16-15-32-13-5-6-14-32/h7-12,17-18H,2,4-6,13-16H2,1,3H3. The molecule has 1 fully saturated rings. The summed E-state index contributed by atoms with van der Waals surface area (Å²) in [5.41, 5.74) is 4.32. The monoisotopic (exact) mass is 519 g/mol. The molecule has 5 rings (SSSR count). The van der Waals surface area contributed by atoms with Gasteiger partial charge in [-0.15, -0.1) is 0 Å². The number of fused-ring (bicyclic) bond motifs is 1. The van der Waals surface area contributed by atoms with Crippen molar-refractivity contribution in [2.24, 2.45) is 0 Å². The molecule has 186 valence electrons. The fourth-order valence-electron chi connectivity index (χ4n) is 4.75. The van der Waals surface area contributed by atoms with E-state index < -0.39 is 0 Å². The van der Waals surface area contributed by atoms with Crippen molar-refractivity contribution >= 4 is 39.3 Å². The smallest absolute Gasteiger partial charge is 0.272 e. The number of halogens is 1. The van der Waals surface area contributed by atoms with Gasteiger partial charge in [-0.3, -0.25) is 9.36 Å². The van der Waals surface area contributed by atoms with Crippen LogP contribution >= 0.6 is 23.4 Å². The number of aromatic nitrogens is 4. The number of rotatable bonds is 8. The second-order valence-electron chi connectivity index (χ2n) is 9.11. The first-order valence-electron chi connectivity index (χ1n) is 12.4. The van der Waals surface area contributed by atoms with Gasteiger partial charge in [0.2, 0.25) is 0 Å². The Hall–Kier alpha value is -2.87. The fraction of sp³-hybridized carbons (Fsp3) is 0.321. The Labute approximate surface area is 220 Å². The highest BCUT2D eigenvalue weighted by Gasteiger charge is 2.17. The molecule has 1 saturated heterocycles. The number of hydrogen-bond acceptors (Lipinski definition) is 5. The van der Waals surface area contributed by atoms with Crippen molar-refractivity contribution in [1.29, 1.82) is 0 Å². The molecule has 0 bridgehead atoms. The molecule has 2 aromatic carbocycles. The van der Waals surface area contributed by atoms with Gasteiger partial charge in [0.25, 0.3) is 5.56 Å². The Balaban J connectivity index is 1.45. The molecule has 4 aromatic rings. The van der Waals surface area contributed by atoms with Crippen molar-refractivity contribution in [3.63, 3.8) is 0 Å². The minimum Gasteiger partial charge on any atom is -0.327 e. The van der Waals surface area contributed by atoms with Crippen LogP contribution in [0, 0.1) is 6.92 Å². The summed E-state index contributed by atoms with van der Waals surface area (Å²) < 4.78 is 3.88.